The summed E-state index contributed by atoms with van der Waals surface area (Å²) in [5.74, 6) is -0.439. The Morgan fingerprint density at radius 3 is 2.59 bits per heavy atom. The van der Waals surface area contributed by atoms with Crippen molar-refractivity contribution in [3.8, 4) is 17.0 Å². The van der Waals surface area contributed by atoms with Crippen LogP contribution >= 0.6 is 11.6 Å². The van der Waals surface area contributed by atoms with Crippen molar-refractivity contribution in [1.82, 2.24) is 4.57 Å². The summed E-state index contributed by atoms with van der Waals surface area (Å²) >= 11 is 6.58. The van der Waals surface area contributed by atoms with Gasteiger partial charge in [-0.05, 0) is 31.2 Å². The Balaban J connectivity index is 1.88. The van der Waals surface area contributed by atoms with Gasteiger partial charge in [0.05, 0.1) is 23.0 Å². The Morgan fingerprint density at radius 2 is 2.00 bits per heavy atom. The van der Waals surface area contributed by atoms with Crippen molar-refractivity contribution in [3.05, 3.63) is 45.2 Å². The molecule has 7 nitrogen and oxygen atoms in total. The van der Waals surface area contributed by atoms with Gasteiger partial charge < -0.3 is 24.0 Å². The number of fused-ring (bicyclic) bond motifs is 3. The minimum absolute atomic E-state index is 0.121. The van der Waals surface area contributed by atoms with Crippen LogP contribution < -0.4 is 15.1 Å². The molecule has 0 saturated heterocycles. The van der Waals surface area contributed by atoms with Gasteiger partial charge in [-0.3, -0.25) is 4.79 Å². The smallest absolute Gasteiger partial charge is 0.341 e. The molecule has 32 heavy (non-hydrogen) atoms. The first kappa shape index (κ1) is 22.7. The van der Waals surface area contributed by atoms with Gasteiger partial charge in [0, 0.05) is 50.1 Å². The zero-order valence-corrected chi connectivity index (χ0v) is 19.4. The predicted octanol–water partition coefficient (Wildman–Crippen LogP) is 4.81. The number of carbonyl (C=O) groups is 1. The van der Waals surface area contributed by atoms with E-state index in [9.17, 15) is 14.7 Å². The van der Waals surface area contributed by atoms with Crippen LogP contribution in [0.4, 0.5) is 5.69 Å². The second kappa shape index (κ2) is 9.16. The van der Waals surface area contributed by atoms with Gasteiger partial charge in [0.15, 0.2) is 5.43 Å². The van der Waals surface area contributed by atoms with E-state index in [2.05, 4.69) is 18.7 Å². The van der Waals surface area contributed by atoms with Gasteiger partial charge in [0.25, 0.3) is 0 Å². The van der Waals surface area contributed by atoms with Crippen LogP contribution in [0.25, 0.3) is 11.3 Å². The van der Waals surface area contributed by atoms with Crippen LogP contribution in [0.2, 0.25) is 5.02 Å². The number of aromatic nitrogens is 1. The maximum absolute atomic E-state index is 12.6. The number of carboxylic acid groups (broad SMARTS) is 1. The van der Waals surface area contributed by atoms with Crippen LogP contribution in [0.1, 0.15) is 56.1 Å². The van der Waals surface area contributed by atoms with Crippen molar-refractivity contribution < 1.29 is 19.4 Å². The number of hydrogen-bond acceptors (Lipinski definition) is 5. The average molecular weight is 461 g/mol. The molecule has 1 fully saturated rings. The maximum atomic E-state index is 12.6. The Kier molecular flexibility index (Phi) is 6.49. The van der Waals surface area contributed by atoms with Crippen molar-refractivity contribution in [3.63, 3.8) is 0 Å². The molecule has 0 amide bonds. The molecule has 172 valence electrons. The normalized spacial score (nSPS) is 17.7. The number of pyridine rings is 1. The summed E-state index contributed by atoms with van der Waals surface area (Å²) in [4.78, 5) is 26.6. The highest BCUT2D eigenvalue weighted by molar-refractivity contribution is 6.32. The second-order valence-corrected chi connectivity index (χ2v) is 9.20. The number of halogens is 1. The fraction of sp³-hybridized carbons (Fsp3) is 0.500. The van der Waals surface area contributed by atoms with E-state index in [-0.39, 0.29) is 17.6 Å². The molecule has 1 aromatic heterocycles. The number of nitrogens with zero attached hydrogens (tertiary/aromatic N) is 2. The molecule has 0 radical (unpaired) electrons. The highest BCUT2D eigenvalue weighted by atomic mass is 35.5. The number of aromatic carboxylic acids is 1. The summed E-state index contributed by atoms with van der Waals surface area (Å²) in [6.07, 6.45) is 5.41. The molecule has 1 saturated carbocycles. The van der Waals surface area contributed by atoms with Gasteiger partial charge in [-0.25, -0.2) is 4.79 Å². The van der Waals surface area contributed by atoms with Gasteiger partial charge in [0.1, 0.15) is 17.5 Å². The van der Waals surface area contributed by atoms with E-state index in [1.54, 1.807) is 7.11 Å². The van der Waals surface area contributed by atoms with Gasteiger partial charge in [-0.1, -0.05) is 25.4 Å². The second-order valence-electron chi connectivity index (χ2n) is 8.79. The van der Waals surface area contributed by atoms with Gasteiger partial charge >= 0.3 is 5.97 Å². The molecule has 1 atom stereocenters. The molecule has 2 heterocycles. The van der Waals surface area contributed by atoms with Gasteiger partial charge in [-0.2, -0.15) is 0 Å². The summed E-state index contributed by atoms with van der Waals surface area (Å²) in [5, 5.41) is 10.0. The van der Waals surface area contributed by atoms with E-state index >= 15 is 0 Å². The topological polar surface area (TPSA) is 81.0 Å². The Labute approximate surface area is 192 Å². The van der Waals surface area contributed by atoms with Crippen LogP contribution in [0.3, 0.4) is 0 Å². The minimum atomic E-state index is -1.22. The third-order valence-corrected chi connectivity index (χ3v) is 6.59. The van der Waals surface area contributed by atoms with E-state index < -0.39 is 11.4 Å². The van der Waals surface area contributed by atoms with Gasteiger partial charge in [-0.15, -0.1) is 0 Å². The zero-order chi connectivity index (χ0) is 23.0. The van der Waals surface area contributed by atoms with E-state index in [1.165, 1.54) is 12.3 Å². The molecule has 2 aromatic rings. The number of hydrogen-bond donors (Lipinski definition) is 1. The molecular formula is C24H29ClN2O5. The lowest BCUT2D eigenvalue weighted by Gasteiger charge is -2.50. The number of methoxy groups -OCH3 is 1. The summed E-state index contributed by atoms with van der Waals surface area (Å²) in [6, 6.07) is 5.56. The fourth-order valence-electron chi connectivity index (χ4n) is 4.60. The van der Waals surface area contributed by atoms with Crippen molar-refractivity contribution in [1.29, 1.82) is 0 Å². The van der Waals surface area contributed by atoms with Crippen molar-refractivity contribution in [2.75, 3.05) is 25.2 Å². The Morgan fingerprint density at radius 1 is 1.25 bits per heavy atom. The first-order chi connectivity index (χ1) is 15.3. The number of carboxylic acids is 1. The number of rotatable bonds is 8. The molecule has 4 rings (SSSR count). The van der Waals surface area contributed by atoms with Crippen molar-refractivity contribution >= 4 is 23.3 Å². The molecule has 8 heteroatoms. The standard InChI is InChI=1S/C24H29ClN2O5/c1-14(2)23-26-13-17(24(29)30)21(28)11-19(26)16-10-18(25)22(32-9-5-8-31-3)12-20(16)27(23)15-6-4-7-15/h10-15,23H,4-9H2,1-3H3,(H,29,30). The van der Waals surface area contributed by atoms with Crippen molar-refractivity contribution in [2.24, 2.45) is 5.92 Å². The number of ether oxygens (including phenoxy) is 2. The van der Waals surface area contributed by atoms with Crippen LogP contribution in [0.15, 0.2) is 29.2 Å². The molecule has 2 aliphatic rings. The molecule has 0 bridgehead atoms. The highest BCUT2D eigenvalue weighted by Gasteiger charge is 2.39. The lowest BCUT2D eigenvalue weighted by Crippen LogP contribution is -2.49. The number of benzene rings is 1. The van der Waals surface area contributed by atoms with Crippen LogP contribution in [0.5, 0.6) is 5.75 Å². The minimum Gasteiger partial charge on any atom is -0.492 e. The average Bonchev–Trinajstić information content (AvgIpc) is 2.70. The maximum Gasteiger partial charge on any atom is 0.341 e. The molecule has 1 aromatic carbocycles. The summed E-state index contributed by atoms with van der Waals surface area (Å²) in [5.41, 5.74) is 1.74. The summed E-state index contributed by atoms with van der Waals surface area (Å²) < 4.78 is 13.0. The molecule has 0 spiro atoms. The van der Waals surface area contributed by atoms with Crippen LogP contribution in [-0.2, 0) is 4.74 Å². The molecule has 1 unspecified atom stereocenters. The first-order valence-corrected chi connectivity index (χ1v) is 11.4. The monoisotopic (exact) mass is 460 g/mol. The molecule has 1 aliphatic carbocycles. The summed E-state index contributed by atoms with van der Waals surface area (Å²) in [7, 11) is 1.66. The Bertz CT molecular complexity index is 1080. The van der Waals surface area contributed by atoms with Crippen LogP contribution in [0, 0.1) is 5.92 Å². The lowest BCUT2D eigenvalue weighted by molar-refractivity contribution is 0.0694. The van der Waals surface area contributed by atoms with Crippen molar-refractivity contribution in [2.45, 2.75) is 51.7 Å². The SMILES string of the molecule is COCCCOc1cc2c(cc1Cl)-c1cc(=O)c(C(=O)O)cn1C(C(C)C)N2C1CCC1. The molecule has 1 aliphatic heterocycles. The zero-order valence-electron chi connectivity index (χ0n) is 18.6. The predicted molar refractivity (Wildman–Crippen MR) is 124 cm³/mol. The number of anilines is 1. The van der Waals surface area contributed by atoms with Gasteiger partial charge in [0.2, 0.25) is 0 Å². The first-order valence-electron chi connectivity index (χ1n) is 11.1. The van der Waals surface area contributed by atoms with E-state index in [0.29, 0.717) is 35.7 Å². The molecule has 1 N–H and O–H groups in total. The fourth-order valence-corrected chi connectivity index (χ4v) is 4.82. The van der Waals surface area contributed by atoms with Crippen LogP contribution in [-0.4, -0.2) is 42.0 Å². The quantitative estimate of drug-likeness (QED) is 0.569. The van der Waals surface area contributed by atoms with E-state index in [1.807, 2.05) is 16.7 Å². The molecular weight excluding hydrogens is 432 g/mol. The highest BCUT2D eigenvalue weighted by Crippen LogP contribution is 2.49. The van der Waals surface area contributed by atoms with E-state index in [4.69, 9.17) is 21.1 Å². The largest absolute Gasteiger partial charge is 0.492 e. The third kappa shape index (κ3) is 3.99. The van der Waals surface area contributed by atoms with E-state index in [0.717, 1.165) is 36.9 Å². The Hall–Kier alpha value is -2.51. The summed E-state index contributed by atoms with van der Waals surface area (Å²) in [6.45, 7) is 5.32. The lowest BCUT2D eigenvalue weighted by atomic mass is 9.87. The third-order valence-electron chi connectivity index (χ3n) is 6.30.